The number of carbonyl (C=O) groups is 1. The highest BCUT2D eigenvalue weighted by Gasteiger charge is 2.50. The van der Waals surface area contributed by atoms with Gasteiger partial charge in [-0.2, -0.15) is 4.98 Å². The first-order valence-electron chi connectivity index (χ1n) is 26.8. The molecule has 6 heterocycles. The minimum Gasteiger partial charge on any atom is -0.489 e. The molecule has 4 aliphatic heterocycles. The topological polar surface area (TPSA) is 205 Å². The van der Waals surface area contributed by atoms with Crippen LogP contribution in [0.2, 0.25) is 0 Å². The van der Waals surface area contributed by atoms with Gasteiger partial charge in [0.1, 0.15) is 24.6 Å². The Labute approximate surface area is 433 Å². The zero-order valence-electron chi connectivity index (χ0n) is 43.0. The molecular formula is C56H70N8O9S. The zero-order chi connectivity index (χ0) is 51.5. The van der Waals surface area contributed by atoms with Crippen molar-refractivity contribution < 1.29 is 37.5 Å². The van der Waals surface area contributed by atoms with Gasteiger partial charge < -0.3 is 39.4 Å². The number of fused-ring (bicyclic) bond motifs is 2. The van der Waals surface area contributed by atoms with E-state index in [9.17, 15) is 28.4 Å². The fourth-order valence-corrected chi connectivity index (χ4v) is 14.0. The summed E-state index contributed by atoms with van der Waals surface area (Å²) >= 11 is 0. The number of hydrogen-bond acceptors (Lipinski definition) is 14. The van der Waals surface area contributed by atoms with Crippen LogP contribution in [0.5, 0.6) is 23.1 Å². The van der Waals surface area contributed by atoms with Crippen molar-refractivity contribution in [3.63, 3.8) is 0 Å². The predicted molar refractivity (Wildman–Crippen MR) is 283 cm³/mol. The largest absolute Gasteiger partial charge is 0.489 e. The monoisotopic (exact) mass is 1030 g/mol. The average Bonchev–Trinajstić information content (AvgIpc) is 4.15. The molecule has 4 N–H and O–H groups in total. The van der Waals surface area contributed by atoms with Crippen LogP contribution in [0.1, 0.15) is 131 Å². The SMILES string of the molecule is CC(C)c1ccccc1[C@H]1CCCN1C1CC2(CCN(c3ccc(C(=O)NS(=O)(=O)c4cc5c(c([N+](=O)[O-])c4)N[C@@H](C4CCC(C)(O)CC4)CO5)c(Oc4cc5cc[nH]c5nc4OC[C@H]4CCCN4C)c3)CC2)C1. The van der Waals surface area contributed by atoms with E-state index in [-0.39, 0.29) is 64.4 Å². The van der Waals surface area contributed by atoms with E-state index in [1.165, 1.54) is 42.9 Å². The number of aromatic amines is 1. The molecule has 11 rings (SSSR count). The number of amides is 1. The number of likely N-dealkylation sites (N-methyl/N-ethyl adjacent to an activating group) is 1. The Bertz CT molecular complexity index is 3030. The summed E-state index contributed by atoms with van der Waals surface area (Å²) in [6.45, 7) is 10.6. The number of likely N-dealkylation sites (tertiary alicyclic amines) is 2. The lowest BCUT2D eigenvalue weighted by atomic mass is 9.59. The molecule has 3 atom stereocenters. The van der Waals surface area contributed by atoms with E-state index in [1.54, 1.807) is 24.4 Å². The molecule has 1 spiro atoms. The van der Waals surface area contributed by atoms with Crippen molar-refractivity contribution in [2.45, 2.75) is 138 Å². The number of H-pyrrole nitrogens is 1. The molecule has 74 heavy (non-hydrogen) atoms. The van der Waals surface area contributed by atoms with Gasteiger partial charge in [0.2, 0.25) is 0 Å². The lowest BCUT2D eigenvalue weighted by Gasteiger charge is -2.56. The smallest absolute Gasteiger partial charge is 0.297 e. The van der Waals surface area contributed by atoms with E-state index in [1.807, 2.05) is 19.1 Å². The minimum absolute atomic E-state index is 0.00295. The van der Waals surface area contributed by atoms with E-state index in [0.717, 1.165) is 69.0 Å². The number of ether oxygens (including phenoxy) is 3. The standard InChI is InChI=1S/C56H70N8O9S/c1-35(2)42-10-5-6-11-43(42)46-12-8-24-63(46)40-31-56(32-40)20-25-62(26-21-56)38-13-14-44(48(28-38)73-50-27-37-17-22-57-52(37)59-54(50)72-33-39-9-7-23-61(39)4)53(65)60-74(69,70)41-29-47(64(67)68)51-49(30-41)71-34-45(58-51)36-15-18-55(3,66)19-16-36/h5-6,10-11,13-14,17,22,27-30,35-36,39-40,45-46,58,66H,7-9,12,15-16,18-21,23-26,31-34H2,1-4H3,(H,57,59)(H,60,65)/t36?,39-,45-,46-,55?/m1/s1. The Hall–Kier alpha value is -5.95. The normalized spacial score (nSPS) is 25.4. The Morgan fingerprint density at radius 1 is 0.973 bits per heavy atom. The maximum Gasteiger partial charge on any atom is 0.297 e. The van der Waals surface area contributed by atoms with Gasteiger partial charge in [-0.1, -0.05) is 38.1 Å². The number of aromatic nitrogens is 2. The fraction of sp³-hybridized carbons (Fsp3) is 0.536. The molecule has 2 aromatic heterocycles. The maximum atomic E-state index is 14.5. The minimum atomic E-state index is -4.72. The number of nitro groups is 1. The van der Waals surface area contributed by atoms with Crippen molar-refractivity contribution >= 4 is 44.0 Å². The van der Waals surface area contributed by atoms with E-state index < -0.39 is 37.0 Å². The highest BCUT2D eigenvalue weighted by Crippen LogP contribution is 2.55. The Kier molecular flexibility index (Phi) is 13.5. The van der Waals surface area contributed by atoms with E-state index >= 15 is 0 Å². The summed E-state index contributed by atoms with van der Waals surface area (Å²) in [4.78, 5) is 41.2. The van der Waals surface area contributed by atoms with Crippen LogP contribution in [0, 0.1) is 21.4 Å². The van der Waals surface area contributed by atoms with Crippen LogP contribution in [0.15, 0.2) is 77.8 Å². The van der Waals surface area contributed by atoms with Crippen LogP contribution in [0.25, 0.3) is 11.0 Å². The van der Waals surface area contributed by atoms with Crippen molar-refractivity contribution in [1.82, 2.24) is 24.5 Å². The van der Waals surface area contributed by atoms with Gasteiger partial charge in [0.25, 0.3) is 27.5 Å². The highest BCUT2D eigenvalue weighted by molar-refractivity contribution is 7.90. The zero-order valence-corrected chi connectivity index (χ0v) is 43.8. The molecule has 0 radical (unpaired) electrons. The molecule has 5 fully saturated rings. The number of nitrogens with one attached hydrogen (secondary N) is 3. The van der Waals surface area contributed by atoms with Crippen LogP contribution in [-0.2, 0) is 10.0 Å². The van der Waals surface area contributed by atoms with E-state index in [2.05, 4.69) is 74.9 Å². The number of rotatable bonds is 14. The van der Waals surface area contributed by atoms with Crippen LogP contribution >= 0.6 is 0 Å². The van der Waals surface area contributed by atoms with Crippen LogP contribution < -0.4 is 29.1 Å². The molecule has 0 unspecified atom stereocenters. The van der Waals surface area contributed by atoms with Crippen molar-refractivity contribution in [2.75, 3.05) is 56.7 Å². The van der Waals surface area contributed by atoms with Crippen LogP contribution in [0.3, 0.4) is 0 Å². The number of nitrogens with zero attached hydrogens (tertiary/aromatic N) is 5. The summed E-state index contributed by atoms with van der Waals surface area (Å²) < 4.78 is 49.8. The molecule has 3 aromatic carbocycles. The molecule has 3 saturated heterocycles. The predicted octanol–water partition coefficient (Wildman–Crippen LogP) is 9.68. The lowest BCUT2D eigenvalue weighted by Crippen LogP contribution is -2.54. The first kappa shape index (κ1) is 50.2. The number of sulfonamides is 1. The molecule has 0 bridgehead atoms. The number of piperidine rings is 1. The summed E-state index contributed by atoms with van der Waals surface area (Å²) in [5, 5.41) is 27.1. The molecule has 17 nitrogen and oxygen atoms in total. The summed E-state index contributed by atoms with van der Waals surface area (Å²) in [6, 6.07) is 20.9. The van der Waals surface area contributed by atoms with Crippen molar-refractivity contribution in [3.05, 3.63) is 99.7 Å². The third-order valence-corrected chi connectivity index (χ3v) is 18.8. The van der Waals surface area contributed by atoms with Crippen LogP contribution in [-0.4, -0.2) is 114 Å². The van der Waals surface area contributed by atoms with Gasteiger partial charge in [-0.15, -0.1) is 0 Å². The molecule has 394 valence electrons. The first-order chi connectivity index (χ1) is 35.5. The first-order valence-corrected chi connectivity index (χ1v) is 28.2. The summed E-state index contributed by atoms with van der Waals surface area (Å²) in [6.07, 6.45) is 13.2. The molecule has 1 amide bonds. The quantitative estimate of drug-likeness (QED) is 0.0604. The molecule has 2 saturated carbocycles. The van der Waals surface area contributed by atoms with Crippen molar-refractivity contribution in [2.24, 2.45) is 11.3 Å². The second-order valence-corrected chi connectivity index (χ2v) is 24.4. The Morgan fingerprint density at radius 2 is 1.74 bits per heavy atom. The molecule has 18 heteroatoms. The number of pyridine rings is 1. The van der Waals surface area contributed by atoms with Gasteiger partial charge in [0.15, 0.2) is 17.2 Å². The average molecular weight is 1030 g/mol. The van der Waals surface area contributed by atoms with Gasteiger partial charge in [0.05, 0.1) is 27.0 Å². The highest BCUT2D eigenvalue weighted by atomic mass is 32.2. The number of nitro benzene ring substituents is 1. The number of anilines is 2. The summed E-state index contributed by atoms with van der Waals surface area (Å²) in [7, 11) is -2.65. The van der Waals surface area contributed by atoms with Gasteiger partial charge in [0, 0.05) is 66.7 Å². The molecule has 2 aliphatic carbocycles. The second kappa shape index (κ2) is 20.0. The molecule has 5 aromatic rings. The van der Waals surface area contributed by atoms with Gasteiger partial charge in [-0.05, 0) is 157 Å². The number of benzene rings is 3. The van der Waals surface area contributed by atoms with E-state index in [4.69, 9.17) is 19.2 Å². The lowest BCUT2D eigenvalue weighted by molar-refractivity contribution is -0.384. The van der Waals surface area contributed by atoms with Crippen LogP contribution in [0.4, 0.5) is 17.1 Å². The third-order valence-electron chi connectivity index (χ3n) is 17.5. The van der Waals surface area contributed by atoms with Gasteiger partial charge >= 0.3 is 0 Å². The van der Waals surface area contributed by atoms with Crippen molar-refractivity contribution in [1.29, 1.82) is 0 Å². The number of carbonyl (C=O) groups excluding carboxylic acids is 1. The number of aliphatic hydroxyl groups is 1. The second-order valence-electron chi connectivity index (χ2n) is 22.7. The Morgan fingerprint density at radius 3 is 2.49 bits per heavy atom. The fourth-order valence-electron chi connectivity index (χ4n) is 13.0. The summed E-state index contributed by atoms with van der Waals surface area (Å²) in [5.74, 6) is 0.168. The van der Waals surface area contributed by atoms with E-state index in [0.29, 0.717) is 55.9 Å². The number of hydrogen-bond donors (Lipinski definition) is 4. The van der Waals surface area contributed by atoms with Gasteiger partial charge in [-0.25, -0.2) is 13.1 Å². The molecule has 6 aliphatic rings. The molecular weight excluding hydrogens is 961 g/mol. The van der Waals surface area contributed by atoms with Crippen molar-refractivity contribution in [3.8, 4) is 23.1 Å². The summed E-state index contributed by atoms with van der Waals surface area (Å²) in [5.41, 5.74) is 3.40. The Balaban J connectivity index is 0.845. The third kappa shape index (κ3) is 10.0. The maximum absolute atomic E-state index is 14.5. The van der Waals surface area contributed by atoms with Gasteiger partial charge in [-0.3, -0.25) is 19.8 Å².